The van der Waals surface area contributed by atoms with Gasteiger partial charge in [0.2, 0.25) is 0 Å². The van der Waals surface area contributed by atoms with E-state index in [0.717, 1.165) is 0 Å². The lowest BCUT2D eigenvalue weighted by Gasteiger charge is -2.18. The van der Waals surface area contributed by atoms with Crippen LogP contribution in [0.3, 0.4) is 0 Å². The Morgan fingerprint density at radius 3 is 2.36 bits per heavy atom. The third-order valence-electron chi connectivity index (χ3n) is 1.62. The first kappa shape index (κ1) is 10.7. The molecule has 1 unspecified atom stereocenters. The van der Waals surface area contributed by atoms with E-state index in [1.54, 1.807) is 0 Å². The molecule has 1 heterocycles. The Balaban J connectivity index is 2.96. The standard InChI is InChI=1S/C7H9F3N4/c1-12-6(7(8,9)10)4-2-3-5(11)14-13-4/h2-3,6,12H,1H3,(H2,11,14). The Kier molecular flexibility index (Phi) is 2.90. The van der Waals surface area contributed by atoms with E-state index in [1.807, 2.05) is 0 Å². The molecule has 4 nitrogen and oxygen atoms in total. The van der Waals surface area contributed by atoms with Crippen molar-refractivity contribution in [3.05, 3.63) is 17.8 Å². The maximum atomic E-state index is 12.3. The summed E-state index contributed by atoms with van der Waals surface area (Å²) in [7, 11) is 1.20. The molecule has 0 aliphatic carbocycles. The second kappa shape index (κ2) is 3.79. The summed E-state index contributed by atoms with van der Waals surface area (Å²) in [5, 5.41) is 8.82. The van der Waals surface area contributed by atoms with E-state index < -0.39 is 12.2 Å². The molecule has 0 radical (unpaired) electrons. The van der Waals surface area contributed by atoms with Gasteiger partial charge in [-0.05, 0) is 19.2 Å². The minimum atomic E-state index is -4.39. The van der Waals surface area contributed by atoms with Gasteiger partial charge in [-0.1, -0.05) is 0 Å². The number of hydrogen-bond acceptors (Lipinski definition) is 4. The SMILES string of the molecule is CNC(c1ccc(N)nn1)C(F)(F)F. The molecule has 1 aromatic heterocycles. The van der Waals surface area contributed by atoms with Crippen LogP contribution in [-0.2, 0) is 0 Å². The highest BCUT2D eigenvalue weighted by Gasteiger charge is 2.40. The maximum Gasteiger partial charge on any atom is 0.409 e. The number of nitrogens with two attached hydrogens (primary N) is 1. The maximum absolute atomic E-state index is 12.3. The Morgan fingerprint density at radius 1 is 1.36 bits per heavy atom. The Labute approximate surface area is 78.3 Å². The molecule has 1 aromatic rings. The third-order valence-corrected chi connectivity index (χ3v) is 1.62. The monoisotopic (exact) mass is 206 g/mol. The molecule has 0 amide bonds. The van der Waals surface area contributed by atoms with Crippen molar-refractivity contribution in [2.24, 2.45) is 0 Å². The van der Waals surface area contributed by atoms with Gasteiger partial charge in [-0.25, -0.2) is 0 Å². The third kappa shape index (κ3) is 2.32. The number of rotatable bonds is 2. The first-order valence-electron chi connectivity index (χ1n) is 3.78. The van der Waals surface area contributed by atoms with Crippen LogP contribution < -0.4 is 11.1 Å². The van der Waals surface area contributed by atoms with Crippen molar-refractivity contribution < 1.29 is 13.2 Å². The van der Waals surface area contributed by atoms with E-state index in [2.05, 4.69) is 15.5 Å². The highest BCUT2D eigenvalue weighted by molar-refractivity contribution is 5.26. The summed E-state index contributed by atoms with van der Waals surface area (Å²) in [4.78, 5) is 0. The number of hydrogen-bond donors (Lipinski definition) is 2. The molecule has 0 aliphatic heterocycles. The van der Waals surface area contributed by atoms with Crippen molar-refractivity contribution in [1.29, 1.82) is 0 Å². The molecule has 0 bridgehead atoms. The van der Waals surface area contributed by atoms with Crippen molar-refractivity contribution in [3.63, 3.8) is 0 Å². The molecule has 0 fully saturated rings. The van der Waals surface area contributed by atoms with E-state index in [9.17, 15) is 13.2 Å². The zero-order valence-corrected chi connectivity index (χ0v) is 7.34. The smallest absolute Gasteiger partial charge is 0.382 e. The van der Waals surface area contributed by atoms with Gasteiger partial charge in [-0.15, -0.1) is 5.10 Å². The summed E-state index contributed by atoms with van der Waals surface area (Å²) in [5.41, 5.74) is 5.00. The van der Waals surface area contributed by atoms with Gasteiger partial charge in [-0.3, -0.25) is 0 Å². The minimum Gasteiger partial charge on any atom is -0.382 e. The molecule has 0 saturated carbocycles. The van der Waals surface area contributed by atoms with Crippen LogP contribution in [0.4, 0.5) is 19.0 Å². The van der Waals surface area contributed by atoms with Gasteiger partial charge in [0.1, 0.15) is 11.9 Å². The average Bonchev–Trinajstić information content (AvgIpc) is 2.07. The van der Waals surface area contributed by atoms with E-state index in [-0.39, 0.29) is 11.5 Å². The van der Waals surface area contributed by atoms with Crippen LogP contribution >= 0.6 is 0 Å². The predicted octanol–water partition coefficient (Wildman–Crippen LogP) is 0.882. The van der Waals surface area contributed by atoms with Crippen LogP contribution in [0.5, 0.6) is 0 Å². The second-order valence-electron chi connectivity index (χ2n) is 2.65. The molecule has 7 heteroatoms. The van der Waals surface area contributed by atoms with Gasteiger partial charge in [0, 0.05) is 0 Å². The lowest BCUT2D eigenvalue weighted by molar-refractivity contribution is -0.157. The lowest BCUT2D eigenvalue weighted by Crippen LogP contribution is -2.32. The van der Waals surface area contributed by atoms with Crippen molar-refractivity contribution in [1.82, 2.24) is 15.5 Å². The normalized spacial score (nSPS) is 14.0. The summed E-state index contributed by atoms with van der Waals surface area (Å²) in [5.74, 6) is 0.0887. The second-order valence-corrected chi connectivity index (χ2v) is 2.65. The average molecular weight is 206 g/mol. The van der Waals surface area contributed by atoms with Crippen LogP contribution in [0.2, 0.25) is 0 Å². The van der Waals surface area contributed by atoms with Crippen LogP contribution in [0.1, 0.15) is 11.7 Å². The fraction of sp³-hybridized carbons (Fsp3) is 0.429. The number of alkyl halides is 3. The number of nitrogen functional groups attached to an aromatic ring is 1. The van der Waals surface area contributed by atoms with E-state index in [4.69, 9.17) is 5.73 Å². The van der Waals surface area contributed by atoms with Crippen LogP contribution in [0.25, 0.3) is 0 Å². The highest BCUT2D eigenvalue weighted by Crippen LogP contribution is 2.30. The molecule has 1 rings (SSSR count). The topological polar surface area (TPSA) is 63.8 Å². The first-order chi connectivity index (χ1) is 6.45. The predicted molar refractivity (Wildman–Crippen MR) is 44.3 cm³/mol. The Bertz CT molecular complexity index is 295. The Hall–Kier alpha value is -1.37. The van der Waals surface area contributed by atoms with Crippen LogP contribution in [0, 0.1) is 0 Å². The van der Waals surface area contributed by atoms with Crippen LogP contribution in [0.15, 0.2) is 12.1 Å². The Morgan fingerprint density at radius 2 is 2.00 bits per heavy atom. The molecular weight excluding hydrogens is 197 g/mol. The van der Waals surface area contributed by atoms with Gasteiger partial charge in [-0.2, -0.15) is 18.3 Å². The summed E-state index contributed by atoms with van der Waals surface area (Å²) in [6.07, 6.45) is -4.39. The number of nitrogens with one attached hydrogen (secondary N) is 1. The minimum absolute atomic E-state index is 0.0887. The summed E-state index contributed by atoms with van der Waals surface area (Å²) >= 11 is 0. The largest absolute Gasteiger partial charge is 0.409 e. The molecular formula is C7H9F3N4. The van der Waals surface area contributed by atoms with Crippen molar-refractivity contribution in [2.75, 3.05) is 12.8 Å². The molecule has 0 saturated heterocycles. The summed E-state index contributed by atoms with van der Waals surface area (Å²) in [6.45, 7) is 0. The quantitative estimate of drug-likeness (QED) is 0.754. The van der Waals surface area contributed by atoms with E-state index >= 15 is 0 Å². The molecule has 14 heavy (non-hydrogen) atoms. The molecule has 78 valence electrons. The molecule has 3 N–H and O–H groups in total. The molecule has 1 atom stereocenters. The fourth-order valence-electron chi connectivity index (χ4n) is 0.986. The summed E-state index contributed by atoms with van der Waals surface area (Å²) in [6, 6.07) is 0.658. The van der Waals surface area contributed by atoms with Gasteiger partial charge < -0.3 is 11.1 Å². The number of anilines is 1. The van der Waals surface area contributed by atoms with E-state index in [1.165, 1.54) is 19.2 Å². The zero-order chi connectivity index (χ0) is 10.8. The first-order valence-corrected chi connectivity index (χ1v) is 3.78. The van der Waals surface area contributed by atoms with Gasteiger partial charge in [0.05, 0.1) is 5.69 Å². The summed E-state index contributed by atoms with van der Waals surface area (Å²) < 4.78 is 37.0. The number of aromatic nitrogens is 2. The zero-order valence-electron chi connectivity index (χ0n) is 7.34. The van der Waals surface area contributed by atoms with Gasteiger partial charge in [0.25, 0.3) is 0 Å². The molecule has 0 aliphatic rings. The van der Waals surface area contributed by atoms with Gasteiger partial charge in [0.15, 0.2) is 0 Å². The molecule has 0 aromatic carbocycles. The van der Waals surface area contributed by atoms with Crippen molar-refractivity contribution in [3.8, 4) is 0 Å². The molecule has 0 spiro atoms. The van der Waals surface area contributed by atoms with E-state index in [0.29, 0.717) is 0 Å². The lowest BCUT2D eigenvalue weighted by atomic mass is 10.2. The van der Waals surface area contributed by atoms with Gasteiger partial charge >= 0.3 is 6.18 Å². The van der Waals surface area contributed by atoms with Crippen molar-refractivity contribution >= 4 is 5.82 Å². The fourth-order valence-corrected chi connectivity index (χ4v) is 0.986. The number of nitrogens with zero attached hydrogens (tertiary/aromatic N) is 2. The van der Waals surface area contributed by atoms with Crippen LogP contribution in [-0.4, -0.2) is 23.4 Å². The number of halogens is 3. The van der Waals surface area contributed by atoms with Crippen molar-refractivity contribution in [2.45, 2.75) is 12.2 Å². The highest BCUT2D eigenvalue weighted by atomic mass is 19.4.